The van der Waals surface area contributed by atoms with Gasteiger partial charge in [0.2, 0.25) is 0 Å². The second-order valence-corrected chi connectivity index (χ2v) is 8.66. The minimum atomic E-state index is -2.90. The summed E-state index contributed by atoms with van der Waals surface area (Å²) in [4.78, 5) is 2.22. The largest absolute Gasteiger partial charge is 0.329 e. The molecule has 0 radical (unpaired) electrons. The number of halogens is 1. The van der Waals surface area contributed by atoms with Crippen LogP contribution in [0.2, 0.25) is 5.02 Å². The first-order chi connectivity index (χ1) is 9.80. The van der Waals surface area contributed by atoms with Crippen molar-refractivity contribution in [2.75, 3.05) is 25.1 Å². The summed E-state index contributed by atoms with van der Waals surface area (Å²) in [5.41, 5.74) is 6.87. The third-order valence-corrected chi connectivity index (χ3v) is 6.68. The van der Waals surface area contributed by atoms with E-state index in [4.69, 9.17) is 17.3 Å². The molecule has 1 saturated heterocycles. The van der Waals surface area contributed by atoms with E-state index in [1.165, 1.54) is 0 Å². The van der Waals surface area contributed by atoms with Crippen LogP contribution in [0, 0.1) is 0 Å². The SMILES string of the molecule is CC(c1cccc(Cl)c1)N(C)C1(CN)CCS(=O)(=O)CC1. The molecule has 1 aliphatic rings. The molecule has 0 spiro atoms. The highest BCUT2D eigenvalue weighted by molar-refractivity contribution is 7.91. The fourth-order valence-corrected chi connectivity index (χ4v) is 4.80. The van der Waals surface area contributed by atoms with Gasteiger partial charge in [0.05, 0.1) is 11.5 Å². The van der Waals surface area contributed by atoms with Crippen molar-refractivity contribution in [1.29, 1.82) is 0 Å². The Morgan fingerprint density at radius 2 is 2.00 bits per heavy atom. The fourth-order valence-electron chi connectivity index (χ4n) is 3.02. The van der Waals surface area contributed by atoms with Gasteiger partial charge >= 0.3 is 0 Å². The van der Waals surface area contributed by atoms with Crippen LogP contribution >= 0.6 is 11.6 Å². The lowest BCUT2D eigenvalue weighted by atomic mass is 9.88. The van der Waals surface area contributed by atoms with Crippen molar-refractivity contribution >= 4 is 21.4 Å². The zero-order valence-corrected chi connectivity index (χ0v) is 14.1. The van der Waals surface area contributed by atoms with Gasteiger partial charge in [0.15, 0.2) is 0 Å². The van der Waals surface area contributed by atoms with Crippen LogP contribution in [-0.2, 0) is 9.84 Å². The van der Waals surface area contributed by atoms with Gasteiger partial charge < -0.3 is 5.73 Å². The van der Waals surface area contributed by atoms with Crippen molar-refractivity contribution in [3.8, 4) is 0 Å². The minimum Gasteiger partial charge on any atom is -0.329 e. The van der Waals surface area contributed by atoms with E-state index in [1.807, 2.05) is 31.3 Å². The molecular formula is C15H23ClN2O2S. The van der Waals surface area contributed by atoms with Crippen LogP contribution in [0.4, 0.5) is 0 Å². The highest BCUT2D eigenvalue weighted by Gasteiger charge is 2.41. The third kappa shape index (κ3) is 3.59. The van der Waals surface area contributed by atoms with Crippen LogP contribution in [0.15, 0.2) is 24.3 Å². The van der Waals surface area contributed by atoms with Crippen molar-refractivity contribution < 1.29 is 8.42 Å². The second-order valence-electron chi connectivity index (χ2n) is 5.92. The lowest BCUT2D eigenvalue weighted by Crippen LogP contribution is -2.56. The molecule has 0 aliphatic carbocycles. The smallest absolute Gasteiger partial charge is 0.150 e. The molecule has 2 rings (SSSR count). The van der Waals surface area contributed by atoms with E-state index in [1.54, 1.807) is 0 Å². The minimum absolute atomic E-state index is 0.132. The fraction of sp³-hybridized carbons (Fsp3) is 0.600. The van der Waals surface area contributed by atoms with Crippen molar-refractivity contribution in [2.45, 2.75) is 31.3 Å². The Hall–Kier alpha value is -0.620. The summed E-state index contributed by atoms with van der Waals surface area (Å²) in [6.45, 7) is 2.57. The zero-order chi connectivity index (χ0) is 15.7. The Morgan fingerprint density at radius 1 is 1.38 bits per heavy atom. The summed E-state index contributed by atoms with van der Waals surface area (Å²) in [6, 6.07) is 7.91. The van der Waals surface area contributed by atoms with Crippen molar-refractivity contribution in [3.05, 3.63) is 34.9 Å². The molecular weight excluding hydrogens is 308 g/mol. The van der Waals surface area contributed by atoms with E-state index >= 15 is 0 Å². The molecule has 2 N–H and O–H groups in total. The van der Waals surface area contributed by atoms with Gasteiger partial charge in [-0.05, 0) is 44.5 Å². The van der Waals surface area contributed by atoms with E-state index < -0.39 is 9.84 Å². The molecule has 1 unspecified atom stereocenters. The summed E-state index contributed by atoms with van der Waals surface area (Å²) < 4.78 is 23.4. The predicted molar refractivity (Wildman–Crippen MR) is 87.3 cm³/mol. The number of hydrogen-bond acceptors (Lipinski definition) is 4. The number of sulfone groups is 1. The summed E-state index contributed by atoms with van der Waals surface area (Å²) >= 11 is 6.06. The Bertz CT molecular complexity index is 589. The normalized spacial score (nSPS) is 22.1. The molecule has 0 aromatic heterocycles. The first kappa shape index (κ1) is 16.7. The molecule has 118 valence electrons. The maximum atomic E-state index is 11.7. The van der Waals surface area contributed by atoms with Crippen molar-refractivity contribution in [3.63, 3.8) is 0 Å². The molecule has 1 aromatic carbocycles. The van der Waals surface area contributed by atoms with Gasteiger partial charge in [0, 0.05) is 23.1 Å². The number of nitrogens with two attached hydrogens (primary N) is 1. The average molecular weight is 331 g/mol. The number of nitrogens with zero attached hydrogens (tertiary/aromatic N) is 1. The van der Waals surface area contributed by atoms with Crippen molar-refractivity contribution in [1.82, 2.24) is 4.90 Å². The van der Waals surface area contributed by atoms with Crippen LogP contribution in [0.1, 0.15) is 31.4 Å². The highest BCUT2D eigenvalue weighted by Crippen LogP contribution is 2.34. The first-order valence-corrected chi connectivity index (χ1v) is 9.38. The number of likely N-dealkylation sites (N-methyl/N-ethyl adjacent to an activating group) is 1. The number of hydrogen-bond donors (Lipinski definition) is 1. The summed E-state index contributed by atoms with van der Waals surface area (Å²) in [6.07, 6.45) is 1.18. The molecule has 1 fully saturated rings. The van der Waals surface area contributed by atoms with Crippen LogP contribution in [-0.4, -0.2) is 44.0 Å². The van der Waals surface area contributed by atoms with Gasteiger partial charge in [0.25, 0.3) is 0 Å². The quantitative estimate of drug-likeness (QED) is 0.919. The number of rotatable bonds is 4. The predicted octanol–water partition coefficient (Wildman–Crippen LogP) is 2.24. The molecule has 1 atom stereocenters. The number of benzene rings is 1. The molecule has 0 amide bonds. The molecule has 21 heavy (non-hydrogen) atoms. The molecule has 1 heterocycles. The second kappa shape index (κ2) is 6.24. The standard InChI is InChI=1S/C15H23ClN2O2S/c1-12(13-4-3-5-14(16)10-13)18(2)15(11-17)6-8-21(19,20)9-7-15/h3-5,10,12H,6-9,11,17H2,1-2H3. The molecule has 1 aliphatic heterocycles. The monoisotopic (exact) mass is 330 g/mol. The summed E-state index contributed by atoms with van der Waals surface area (Å²) in [7, 11) is -0.874. The maximum absolute atomic E-state index is 11.7. The third-order valence-electron chi connectivity index (χ3n) is 4.80. The van der Waals surface area contributed by atoms with Crippen LogP contribution in [0.5, 0.6) is 0 Å². The molecule has 0 bridgehead atoms. The van der Waals surface area contributed by atoms with Gasteiger partial charge in [-0.15, -0.1) is 0 Å². The van der Waals surface area contributed by atoms with Crippen LogP contribution < -0.4 is 5.73 Å². The lowest BCUT2D eigenvalue weighted by molar-refractivity contribution is 0.0740. The molecule has 0 saturated carbocycles. The van der Waals surface area contributed by atoms with Crippen molar-refractivity contribution in [2.24, 2.45) is 5.73 Å². The van der Waals surface area contributed by atoms with Gasteiger partial charge in [-0.25, -0.2) is 8.42 Å². The van der Waals surface area contributed by atoms with Crippen LogP contribution in [0.25, 0.3) is 0 Å². The van der Waals surface area contributed by atoms with Gasteiger partial charge in [-0.3, -0.25) is 4.90 Å². The van der Waals surface area contributed by atoms with E-state index in [2.05, 4.69) is 11.8 Å². The molecule has 4 nitrogen and oxygen atoms in total. The Labute approximate surface area is 132 Å². The maximum Gasteiger partial charge on any atom is 0.150 e. The van der Waals surface area contributed by atoms with Gasteiger partial charge in [0.1, 0.15) is 9.84 Å². The molecule has 1 aromatic rings. The Morgan fingerprint density at radius 3 is 2.52 bits per heavy atom. The van der Waals surface area contributed by atoms with Gasteiger partial charge in [-0.2, -0.15) is 0 Å². The summed E-state index contributed by atoms with van der Waals surface area (Å²) in [5, 5.41) is 0.709. The summed E-state index contributed by atoms with van der Waals surface area (Å²) in [5.74, 6) is 0.438. The van der Waals surface area contributed by atoms with E-state index in [0.717, 1.165) is 5.56 Å². The Kier molecular flexibility index (Phi) is 4.98. The average Bonchev–Trinajstić information content (AvgIpc) is 2.46. The van der Waals surface area contributed by atoms with E-state index in [-0.39, 0.29) is 23.1 Å². The zero-order valence-electron chi connectivity index (χ0n) is 12.5. The van der Waals surface area contributed by atoms with Gasteiger partial charge in [-0.1, -0.05) is 23.7 Å². The lowest BCUT2D eigenvalue weighted by Gasteiger charge is -2.46. The molecule has 6 heteroatoms. The first-order valence-electron chi connectivity index (χ1n) is 7.18. The van der Waals surface area contributed by atoms with E-state index in [9.17, 15) is 8.42 Å². The van der Waals surface area contributed by atoms with Crippen LogP contribution in [0.3, 0.4) is 0 Å². The Balaban J connectivity index is 2.22. The van der Waals surface area contributed by atoms with E-state index in [0.29, 0.717) is 24.4 Å². The highest BCUT2D eigenvalue weighted by atomic mass is 35.5. The topological polar surface area (TPSA) is 63.4 Å².